The second-order valence-corrected chi connectivity index (χ2v) is 6.59. The fraction of sp³-hybridized carbons (Fsp3) is 0.263. The van der Waals surface area contributed by atoms with Gasteiger partial charge in [0.1, 0.15) is 5.75 Å². The van der Waals surface area contributed by atoms with E-state index in [1.165, 1.54) is 11.8 Å². The first kappa shape index (κ1) is 18.9. The predicted octanol–water partition coefficient (Wildman–Crippen LogP) is 3.43. The van der Waals surface area contributed by atoms with Crippen LogP contribution in [-0.2, 0) is 9.59 Å². The summed E-state index contributed by atoms with van der Waals surface area (Å²) in [7, 11) is 1.60. The predicted molar refractivity (Wildman–Crippen MR) is 98.0 cm³/mol. The van der Waals surface area contributed by atoms with Crippen molar-refractivity contribution in [1.82, 2.24) is 5.32 Å². The average Bonchev–Trinajstić information content (AvgIpc) is 2.60. The second-order valence-electron chi connectivity index (χ2n) is 5.54. The SMILES string of the molecule is COc1ccc(SCC(=O)NC(CC(=O)O)c2ccccc2C)cc1. The standard InChI is InChI=1S/C19H21NO4S/c1-13-5-3-4-6-16(13)17(11-19(22)23)20-18(21)12-25-15-9-7-14(24-2)8-10-15/h3-10,17H,11-12H2,1-2H3,(H,20,21)(H,22,23). The van der Waals surface area contributed by atoms with Gasteiger partial charge in [-0.15, -0.1) is 11.8 Å². The van der Waals surface area contributed by atoms with Crippen LogP contribution in [0.5, 0.6) is 5.75 Å². The van der Waals surface area contributed by atoms with E-state index in [4.69, 9.17) is 9.84 Å². The first-order chi connectivity index (χ1) is 12.0. The number of methoxy groups -OCH3 is 1. The summed E-state index contributed by atoms with van der Waals surface area (Å²) >= 11 is 1.39. The minimum atomic E-state index is -0.948. The van der Waals surface area contributed by atoms with Crippen LogP contribution < -0.4 is 10.1 Å². The Morgan fingerprint density at radius 2 is 1.84 bits per heavy atom. The molecule has 1 atom stereocenters. The number of ether oxygens (including phenoxy) is 1. The quantitative estimate of drug-likeness (QED) is 0.706. The van der Waals surface area contributed by atoms with Gasteiger partial charge in [-0.1, -0.05) is 24.3 Å². The van der Waals surface area contributed by atoms with Gasteiger partial charge in [0.05, 0.1) is 25.3 Å². The molecule has 0 aliphatic heterocycles. The molecule has 6 heteroatoms. The lowest BCUT2D eigenvalue weighted by Crippen LogP contribution is -2.31. The topological polar surface area (TPSA) is 75.6 Å². The van der Waals surface area contributed by atoms with Crippen LogP contribution in [-0.4, -0.2) is 29.8 Å². The largest absolute Gasteiger partial charge is 0.497 e. The van der Waals surface area contributed by atoms with Crippen molar-refractivity contribution in [2.75, 3.05) is 12.9 Å². The van der Waals surface area contributed by atoms with Crippen LogP contribution >= 0.6 is 11.8 Å². The Bertz CT molecular complexity index is 730. The summed E-state index contributed by atoms with van der Waals surface area (Å²) in [6.45, 7) is 1.91. The maximum absolute atomic E-state index is 12.3. The van der Waals surface area contributed by atoms with E-state index in [2.05, 4.69) is 5.32 Å². The molecule has 0 bridgehead atoms. The molecule has 0 heterocycles. The molecule has 0 saturated heterocycles. The molecular formula is C19H21NO4S. The number of aryl methyl sites for hydroxylation is 1. The molecule has 2 aromatic rings. The molecule has 25 heavy (non-hydrogen) atoms. The van der Waals surface area contributed by atoms with Gasteiger partial charge in [0.2, 0.25) is 5.91 Å². The van der Waals surface area contributed by atoms with E-state index in [0.29, 0.717) is 0 Å². The van der Waals surface area contributed by atoms with Crippen molar-refractivity contribution in [3.63, 3.8) is 0 Å². The fourth-order valence-corrected chi connectivity index (χ4v) is 3.16. The number of hydrogen-bond acceptors (Lipinski definition) is 4. The molecule has 1 unspecified atom stereocenters. The summed E-state index contributed by atoms with van der Waals surface area (Å²) in [4.78, 5) is 24.4. The zero-order chi connectivity index (χ0) is 18.2. The van der Waals surface area contributed by atoms with Crippen LogP contribution in [0, 0.1) is 6.92 Å². The molecule has 0 aromatic heterocycles. The Morgan fingerprint density at radius 1 is 1.16 bits per heavy atom. The third-order valence-electron chi connectivity index (χ3n) is 3.71. The highest BCUT2D eigenvalue weighted by Gasteiger charge is 2.19. The number of carbonyl (C=O) groups is 2. The molecule has 0 fully saturated rings. The summed E-state index contributed by atoms with van der Waals surface area (Å²) in [6.07, 6.45) is -0.149. The van der Waals surface area contributed by atoms with Crippen molar-refractivity contribution >= 4 is 23.6 Å². The van der Waals surface area contributed by atoms with Crippen molar-refractivity contribution in [1.29, 1.82) is 0 Å². The number of nitrogens with one attached hydrogen (secondary N) is 1. The number of amides is 1. The minimum absolute atomic E-state index is 0.149. The first-order valence-corrected chi connectivity index (χ1v) is 8.81. The molecule has 1 amide bonds. The lowest BCUT2D eigenvalue weighted by atomic mass is 9.99. The number of hydrogen-bond donors (Lipinski definition) is 2. The van der Waals surface area contributed by atoms with Gasteiger partial charge in [-0.2, -0.15) is 0 Å². The van der Waals surface area contributed by atoms with E-state index in [-0.39, 0.29) is 18.1 Å². The Hall–Kier alpha value is -2.47. The first-order valence-electron chi connectivity index (χ1n) is 7.83. The van der Waals surface area contributed by atoms with Crippen LogP contribution in [0.4, 0.5) is 0 Å². The molecule has 0 saturated carbocycles. The number of aliphatic carboxylic acids is 1. The van der Waals surface area contributed by atoms with Crippen molar-refractivity contribution in [2.24, 2.45) is 0 Å². The highest BCUT2D eigenvalue weighted by Crippen LogP contribution is 2.23. The van der Waals surface area contributed by atoms with E-state index < -0.39 is 12.0 Å². The summed E-state index contributed by atoms with van der Waals surface area (Å²) in [5, 5.41) is 12.0. The van der Waals surface area contributed by atoms with Gasteiger partial charge in [0.25, 0.3) is 0 Å². The molecule has 0 aliphatic carbocycles. The van der Waals surface area contributed by atoms with Gasteiger partial charge in [0.15, 0.2) is 0 Å². The van der Waals surface area contributed by atoms with Gasteiger partial charge >= 0.3 is 5.97 Å². The third kappa shape index (κ3) is 5.83. The Balaban J connectivity index is 1.99. The number of carboxylic acids is 1. The summed E-state index contributed by atoms with van der Waals surface area (Å²) in [5.41, 5.74) is 1.78. The molecule has 0 aliphatic rings. The van der Waals surface area contributed by atoms with Crippen molar-refractivity contribution < 1.29 is 19.4 Å². The number of carboxylic acid groups (broad SMARTS) is 1. The van der Waals surface area contributed by atoms with Crippen molar-refractivity contribution in [3.8, 4) is 5.75 Å². The van der Waals surface area contributed by atoms with E-state index in [0.717, 1.165) is 21.8 Å². The average molecular weight is 359 g/mol. The zero-order valence-corrected chi connectivity index (χ0v) is 15.0. The normalized spacial score (nSPS) is 11.6. The molecule has 2 aromatic carbocycles. The van der Waals surface area contributed by atoms with Crippen LogP contribution in [0.3, 0.4) is 0 Å². The highest BCUT2D eigenvalue weighted by molar-refractivity contribution is 8.00. The maximum atomic E-state index is 12.3. The fourth-order valence-electron chi connectivity index (χ4n) is 2.45. The van der Waals surface area contributed by atoms with Gasteiger partial charge < -0.3 is 15.2 Å². The van der Waals surface area contributed by atoms with E-state index >= 15 is 0 Å². The maximum Gasteiger partial charge on any atom is 0.305 e. The molecular weight excluding hydrogens is 338 g/mol. The Morgan fingerprint density at radius 3 is 2.44 bits per heavy atom. The lowest BCUT2D eigenvalue weighted by Gasteiger charge is -2.19. The van der Waals surface area contributed by atoms with Gasteiger partial charge in [-0.25, -0.2) is 0 Å². The van der Waals surface area contributed by atoms with Gasteiger partial charge in [0, 0.05) is 4.90 Å². The Labute approximate surface area is 151 Å². The van der Waals surface area contributed by atoms with E-state index in [1.54, 1.807) is 7.11 Å². The summed E-state index contributed by atoms with van der Waals surface area (Å²) in [6, 6.07) is 14.4. The zero-order valence-electron chi connectivity index (χ0n) is 14.2. The molecule has 2 rings (SSSR count). The van der Waals surface area contributed by atoms with Crippen molar-refractivity contribution in [3.05, 3.63) is 59.7 Å². The monoisotopic (exact) mass is 359 g/mol. The smallest absolute Gasteiger partial charge is 0.305 e. The van der Waals surface area contributed by atoms with E-state index in [9.17, 15) is 9.59 Å². The van der Waals surface area contributed by atoms with Crippen molar-refractivity contribution in [2.45, 2.75) is 24.3 Å². The lowest BCUT2D eigenvalue weighted by molar-refractivity contribution is -0.137. The van der Waals surface area contributed by atoms with Gasteiger partial charge in [-0.05, 0) is 42.3 Å². The number of rotatable bonds is 8. The molecule has 0 radical (unpaired) electrons. The molecule has 2 N–H and O–H groups in total. The highest BCUT2D eigenvalue weighted by atomic mass is 32.2. The minimum Gasteiger partial charge on any atom is -0.497 e. The van der Waals surface area contributed by atoms with Crippen LogP contribution in [0.25, 0.3) is 0 Å². The van der Waals surface area contributed by atoms with Gasteiger partial charge in [-0.3, -0.25) is 9.59 Å². The van der Waals surface area contributed by atoms with E-state index in [1.807, 2.05) is 55.5 Å². The molecule has 5 nitrogen and oxygen atoms in total. The molecule has 132 valence electrons. The number of thioether (sulfide) groups is 1. The number of benzene rings is 2. The Kier molecular flexibility index (Phi) is 6.89. The summed E-state index contributed by atoms with van der Waals surface area (Å²) < 4.78 is 5.10. The molecule has 0 spiro atoms. The van der Waals surface area contributed by atoms with Crippen LogP contribution in [0.15, 0.2) is 53.4 Å². The van der Waals surface area contributed by atoms with Crippen LogP contribution in [0.1, 0.15) is 23.6 Å². The summed E-state index contributed by atoms with van der Waals surface area (Å²) in [5.74, 6) is -0.171. The number of carbonyl (C=O) groups excluding carboxylic acids is 1. The third-order valence-corrected chi connectivity index (χ3v) is 4.72. The van der Waals surface area contributed by atoms with Crippen LogP contribution in [0.2, 0.25) is 0 Å². The second kappa shape index (κ2) is 9.13.